The number of benzene rings is 1. The lowest BCUT2D eigenvalue weighted by Crippen LogP contribution is -2.03. The fraction of sp³-hybridized carbons (Fsp3) is 0.385. The summed E-state index contributed by atoms with van der Waals surface area (Å²) in [4.78, 5) is 10.7. The fourth-order valence-electron chi connectivity index (χ4n) is 1.62. The predicted octanol–water partition coefficient (Wildman–Crippen LogP) is 2.95. The molecule has 0 heterocycles. The summed E-state index contributed by atoms with van der Waals surface area (Å²) in [6.07, 6.45) is 3.82. The van der Waals surface area contributed by atoms with Gasteiger partial charge in [0.15, 0.2) is 0 Å². The number of likely N-dealkylation sites (N-methyl/N-ethyl adjacent to an activating group) is 1. The third-order valence-electron chi connectivity index (χ3n) is 2.51. The van der Waals surface area contributed by atoms with Crippen molar-refractivity contribution >= 4 is 11.8 Å². The van der Waals surface area contributed by atoms with E-state index < -0.39 is 0 Å². The summed E-state index contributed by atoms with van der Waals surface area (Å²) in [7, 11) is 1.86. The molecule has 1 rings (SSSR count). The lowest BCUT2D eigenvalue weighted by Gasteiger charge is -2.06. The summed E-state index contributed by atoms with van der Waals surface area (Å²) in [5.74, 6) is 0.158. The van der Waals surface area contributed by atoms with Crippen molar-refractivity contribution in [3.63, 3.8) is 0 Å². The molecule has 1 aromatic carbocycles. The molecule has 0 aliphatic carbocycles. The molecule has 0 radical (unpaired) electrons. The largest absolute Gasteiger partial charge is 0.316 e. The minimum atomic E-state index is -0.315. The second-order valence-corrected chi connectivity index (χ2v) is 4.19. The molecule has 4 nitrogen and oxygen atoms in total. The number of hydrogen-bond donors (Lipinski definition) is 1. The summed E-state index contributed by atoms with van der Waals surface area (Å²) in [5.41, 5.74) is 1.84. The van der Waals surface area contributed by atoms with Gasteiger partial charge < -0.3 is 5.32 Å². The van der Waals surface area contributed by atoms with Gasteiger partial charge in [-0.15, -0.1) is 0 Å². The highest BCUT2D eigenvalue weighted by atomic mass is 16.6. The Kier molecular flexibility index (Phi) is 4.84. The van der Waals surface area contributed by atoms with Crippen LogP contribution in [0.4, 0.5) is 5.69 Å². The summed E-state index contributed by atoms with van der Waals surface area (Å²) in [5, 5.41) is 14.0. The van der Waals surface area contributed by atoms with Crippen molar-refractivity contribution in [3.05, 3.63) is 45.5 Å². The van der Waals surface area contributed by atoms with E-state index in [1.165, 1.54) is 0 Å². The van der Waals surface area contributed by atoms with E-state index in [2.05, 4.69) is 5.32 Å². The van der Waals surface area contributed by atoms with E-state index in [4.69, 9.17) is 0 Å². The number of nitrogens with one attached hydrogen (secondary N) is 1. The molecule has 0 aliphatic heterocycles. The van der Waals surface area contributed by atoms with Crippen molar-refractivity contribution in [2.75, 3.05) is 13.6 Å². The van der Waals surface area contributed by atoms with Crippen LogP contribution in [0.1, 0.15) is 30.9 Å². The quantitative estimate of drug-likeness (QED) is 0.629. The maximum Gasteiger partial charge on any atom is 0.273 e. The molecule has 0 spiro atoms. The zero-order chi connectivity index (χ0) is 12.8. The number of rotatable bonds is 5. The van der Waals surface area contributed by atoms with Gasteiger partial charge in [-0.05, 0) is 18.5 Å². The third-order valence-corrected chi connectivity index (χ3v) is 2.51. The molecular formula is C13H18N2O2. The van der Waals surface area contributed by atoms with E-state index in [-0.39, 0.29) is 16.5 Å². The first-order chi connectivity index (χ1) is 8.06. The zero-order valence-electron chi connectivity index (χ0n) is 10.4. The molecule has 0 saturated carbocycles. The first-order valence-electron chi connectivity index (χ1n) is 5.65. The monoisotopic (exact) mass is 234 g/mol. The molecule has 4 heteroatoms. The smallest absolute Gasteiger partial charge is 0.273 e. The number of hydrogen-bond acceptors (Lipinski definition) is 3. The maximum atomic E-state index is 11.0. The average molecular weight is 234 g/mol. The molecule has 1 aromatic rings. The van der Waals surface area contributed by atoms with E-state index >= 15 is 0 Å². The van der Waals surface area contributed by atoms with Gasteiger partial charge in [-0.1, -0.05) is 38.1 Å². The van der Waals surface area contributed by atoms with Crippen molar-refractivity contribution in [1.29, 1.82) is 0 Å². The van der Waals surface area contributed by atoms with E-state index in [0.717, 1.165) is 17.7 Å². The van der Waals surface area contributed by atoms with Crippen molar-refractivity contribution < 1.29 is 4.92 Å². The second kappa shape index (κ2) is 6.15. The van der Waals surface area contributed by atoms with Crippen LogP contribution in [-0.2, 0) is 0 Å². The Morgan fingerprint density at radius 3 is 2.71 bits per heavy atom. The Morgan fingerprint density at radius 2 is 2.18 bits per heavy atom. The van der Waals surface area contributed by atoms with E-state index in [9.17, 15) is 10.1 Å². The highest BCUT2D eigenvalue weighted by Crippen LogP contribution is 2.27. The van der Waals surface area contributed by atoms with Crippen LogP contribution >= 0.6 is 0 Å². The summed E-state index contributed by atoms with van der Waals surface area (Å²) in [6.45, 7) is 4.66. The van der Waals surface area contributed by atoms with E-state index in [1.807, 2.05) is 45.2 Å². The van der Waals surface area contributed by atoms with Gasteiger partial charge in [0.25, 0.3) is 5.69 Å². The molecule has 92 valence electrons. The minimum absolute atomic E-state index is 0.158. The Morgan fingerprint density at radius 1 is 1.47 bits per heavy atom. The normalized spacial score (nSPS) is 11.3. The highest BCUT2D eigenvalue weighted by Gasteiger charge is 2.16. The molecular weight excluding hydrogens is 216 g/mol. The first-order valence-corrected chi connectivity index (χ1v) is 5.65. The molecule has 0 saturated heterocycles. The molecule has 0 amide bonds. The van der Waals surface area contributed by atoms with Gasteiger partial charge in [0.2, 0.25) is 0 Å². The van der Waals surface area contributed by atoms with Crippen LogP contribution in [-0.4, -0.2) is 18.5 Å². The Labute approximate surface area is 101 Å². The van der Waals surface area contributed by atoms with Gasteiger partial charge in [0.05, 0.1) is 4.92 Å². The van der Waals surface area contributed by atoms with Crippen molar-refractivity contribution in [3.8, 4) is 0 Å². The predicted molar refractivity (Wildman–Crippen MR) is 70.1 cm³/mol. The SMILES string of the molecule is CNCC=Cc1ccc(C(C)C)c([N+](=O)[O-])c1. The minimum Gasteiger partial charge on any atom is -0.316 e. The van der Waals surface area contributed by atoms with Crippen LogP contribution in [0.25, 0.3) is 6.08 Å². The average Bonchev–Trinajstić information content (AvgIpc) is 2.29. The fourth-order valence-corrected chi connectivity index (χ4v) is 1.62. The number of nitro groups is 1. The van der Waals surface area contributed by atoms with Crippen molar-refractivity contribution in [2.24, 2.45) is 0 Å². The first kappa shape index (κ1) is 13.4. The van der Waals surface area contributed by atoms with Gasteiger partial charge in [-0.3, -0.25) is 10.1 Å². The summed E-state index contributed by atoms with van der Waals surface area (Å²) in [6, 6.07) is 5.37. The third kappa shape index (κ3) is 3.67. The van der Waals surface area contributed by atoms with Gasteiger partial charge in [-0.25, -0.2) is 0 Å². The lowest BCUT2D eigenvalue weighted by molar-refractivity contribution is -0.385. The van der Waals surface area contributed by atoms with E-state index in [1.54, 1.807) is 6.07 Å². The van der Waals surface area contributed by atoms with Crippen LogP contribution in [0.15, 0.2) is 24.3 Å². The van der Waals surface area contributed by atoms with Gasteiger partial charge in [0.1, 0.15) is 0 Å². The van der Waals surface area contributed by atoms with Crippen LogP contribution in [0, 0.1) is 10.1 Å². The molecule has 0 unspecified atom stereocenters. The standard InChI is InChI=1S/C13H18N2O2/c1-10(2)12-7-6-11(5-4-8-14-3)9-13(12)15(16)17/h4-7,9-10,14H,8H2,1-3H3. The Hall–Kier alpha value is -1.68. The molecule has 0 bridgehead atoms. The van der Waals surface area contributed by atoms with Gasteiger partial charge in [0, 0.05) is 18.2 Å². The molecule has 0 fully saturated rings. The number of nitrogens with zero attached hydrogens (tertiary/aromatic N) is 1. The molecule has 0 aromatic heterocycles. The van der Waals surface area contributed by atoms with Crippen LogP contribution < -0.4 is 5.32 Å². The van der Waals surface area contributed by atoms with Crippen LogP contribution in [0.5, 0.6) is 0 Å². The lowest BCUT2D eigenvalue weighted by atomic mass is 9.99. The topological polar surface area (TPSA) is 55.2 Å². The molecule has 0 aliphatic rings. The number of nitro benzene ring substituents is 1. The van der Waals surface area contributed by atoms with Gasteiger partial charge in [-0.2, -0.15) is 0 Å². The Bertz CT molecular complexity index is 425. The second-order valence-electron chi connectivity index (χ2n) is 4.19. The highest BCUT2D eigenvalue weighted by molar-refractivity contribution is 5.57. The van der Waals surface area contributed by atoms with Crippen LogP contribution in [0.2, 0.25) is 0 Å². The summed E-state index contributed by atoms with van der Waals surface area (Å²) >= 11 is 0. The molecule has 17 heavy (non-hydrogen) atoms. The maximum absolute atomic E-state index is 11.0. The van der Waals surface area contributed by atoms with Crippen LogP contribution in [0.3, 0.4) is 0 Å². The van der Waals surface area contributed by atoms with Crippen molar-refractivity contribution in [2.45, 2.75) is 19.8 Å². The summed E-state index contributed by atoms with van der Waals surface area (Å²) < 4.78 is 0. The van der Waals surface area contributed by atoms with Crippen molar-refractivity contribution in [1.82, 2.24) is 5.32 Å². The molecule has 0 atom stereocenters. The zero-order valence-corrected chi connectivity index (χ0v) is 10.4. The van der Waals surface area contributed by atoms with E-state index in [0.29, 0.717) is 0 Å². The van der Waals surface area contributed by atoms with Gasteiger partial charge >= 0.3 is 0 Å². The molecule has 1 N–H and O–H groups in total. The Balaban J connectivity index is 3.06.